The minimum absolute atomic E-state index is 0.0423. The molecule has 1 aliphatic heterocycles. The van der Waals surface area contributed by atoms with Gasteiger partial charge < -0.3 is 14.6 Å². The van der Waals surface area contributed by atoms with Gasteiger partial charge >= 0.3 is 5.91 Å². The van der Waals surface area contributed by atoms with Crippen LogP contribution in [-0.4, -0.2) is 40.5 Å². The number of thiazole rings is 1. The molecule has 1 amide bonds. The van der Waals surface area contributed by atoms with Crippen molar-refractivity contribution in [3.05, 3.63) is 82.1 Å². The molecule has 2 aromatic carbocycles. The highest BCUT2D eigenvalue weighted by Crippen LogP contribution is 2.44. The number of hydrogen-bond acceptors (Lipinski definition) is 8. The summed E-state index contributed by atoms with van der Waals surface area (Å²) >= 11 is 4.68. The fraction of sp³-hybridized carbons (Fsp3) is 0.154. The molecule has 0 radical (unpaired) electrons. The van der Waals surface area contributed by atoms with Gasteiger partial charge in [0.05, 0.1) is 40.0 Å². The van der Waals surface area contributed by atoms with Crippen molar-refractivity contribution >= 4 is 60.1 Å². The number of benzene rings is 2. The maximum atomic E-state index is 13.4. The van der Waals surface area contributed by atoms with E-state index in [-0.39, 0.29) is 11.3 Å². The van der Waals surface area contributed by atoms with Crippen molar-refractivity contribution in [1.82, 2.24) is 9.97 Å². The first-order valence-electron chi connectivity index (χ1n) is 11.0. The van der Waals surface area contributed by atoms with E-state index in [1.165, 1.54) is 23.3 Å². The molecule has 4 aromatic rings. The second-order valence-corrected chi connectivity index (χ2v) is 9.73. The number of nitrogens with zero attached hydrogens (tertiary/aromatic N) is 3. The smallest absolute Gasteiger partial charge is 0.301 e. The average Bonchev–Trinajstić information content (AvgIpc) is 3.42. The molecule has 36 heavy (non-hydrogen) atoms. The molecule has 5 rings (SSSR count). The van der Waals surface area contributed by atoms with E-state index >= 15 is 0 Å². The number of ether oxygens (including phenoxy) is 2. The van der Waals surface area contributed by atoms with E-state index in [9.17, 15) is 14.7 Å². The molecule has 182 valence electrons. The van der Waals surface area contributed by atoms with Crippen LogP contribution in [0.25, 0.3) is 16.0 Å². The number of pyridine rings is 1. The molecule has 3 heterocycles. The molecule has 1 aliphatic rings. The van der Waals surface area contributed by atoms with Gasteiger partial charge in [-0.1, -0.05) is 17.4 Å². The zero-order valence-corrected chi connectivity index (χ0v) is 21.7. The second kappa shape index (κ2) is 9.71. The Hall–Kier alpha value is -3.76. The zero-order chi connectivity index (χ0) is 25.4. The molecule has 1 atom stereocenters. The Morgan fingerprint density at radius 1 is 1.19 bits per heavy atom. The summed E-state index contributed by atoms with van der Waals surface area (Å²) in [5, 5.41) is 11.6. The summed E-state index contributed by atoms with van der Waals surface area (Å²) in [4.78, 5) is 36.8. The van der Waals surface area contributed by atoms with E-state index in [0.717, 1.165) is 4.70 Å². The average molecular weight is 566 g/mol. The monoisotopic (exact) mass is 565 g/mol. The van der Waals surface area contributed by atoms with E-state index in [1.54, 1.807) is 42.7 Å². The van der Waals surface area contributed by atoms with Crippen LogP contribution in [0, 0.1) is 0 Å². The SMILES string of the molecule is CCOc1ccc2nc(N3C(=O)C(=O)/C(=C(/O)c4ccc(OC)c(Br)c4)C3c3cccnc3)sc2c1. The summed E-state index contributed by atoms with van der Waals surface area (Å²) < 4.78 is 12.2. The predicted octanol–water partition coefficient (Wildman–Crippen LogP) is 5.49. The Morgan fingerprint density at radius 3 is 2.72 bits per heavy atom. The molecule has 8 nitrogen and oxygen atoms in total. The fourth-order valence-electron chi connectivity index (χ4n) is 4.10. The number of aliphatic hydroxyl groups is 1. The Bertz CT molecular complexity index is 1520. The van der Waals surface area contributed by atoms with Crippen LogP contribution in [0.15, 0.2) is 71.0 Å². The number of hydrogen-bond donors (Lipinski definition) is 1. The predicted molar refractivity (Wildman–Crippen MR) is 141 cm³/mol. The second-order valence-electron chi connectivity index (χ2n) is 7.86. The van der Waals surface area contributed by atoms with Crippen LogP contribution < -0.4 is 14.4 Å². The van der Waals surface area contributed by atoms with E-state index in [1.807, 2.05) is 25.1 Å². The summed E-state index contributed by atoms with van der Waals surface area (Å²) in [5.74, 6) is -0.620. The van der Waals surface area contributed by atoms with E-state index in [0.29, 0.717) is 44.4 Å². The van der Waals surface area contributed by atoms with Gasteiger partial charge in [0, 0.05) is 18.0 Å². The fourth-order valence-corrected chi connectivity index (χ4v) is 5.67. The number of amides is 1. The number of rotatable bonds is 6. The molecule has 0 spiro atoms. The highest BCUT2D eigenvalue weighted by Gasteiger charge is 2.48. The lowest BCUT2D eigenvalue weighted by Crippen LogP contribution is -2.29. The van der Waals surface area contributed by atoms with Crippen LogP contribution in [0.3, 0.4) is 0 Å². The summed E-state index contributed by atoms with van der Waals surface area (Å²) in [6, 6.07) is 13.0. The lowest BCUT2D eigenvalue weighted by molar-refractivity contribution is -0.132. The number of carbonyl (C=O) groups is 2. The van der Waals surface area contributed by atoms with Gasteiger partial charge in [-0.15, -0.1) is 0 Å². The molecule has 0 saturated carbocycles. The van der Waals surface area contributed by atoms with Crippen molar-refractivity contribution in [2.24, 2.45) is 0 Å². The van der Waals surface area contributed by atoms with E-state index in [2.05, 4.69) is 25.9 Å². The molecular formula is C26H20BrN3O5S. The maximum absolute atomic E-state index is 13.4. The zero-order valence-electron chi connectivity index (χ0n) is 19.3. The van der Waals surface area contributed by atoms with Gasteiger partial charge in [-0.25, -0.2) is 4.98 Å². The van der Waals surface area contributed by atoms with Crippen molar-refractivity contribution in [1.29, 1.82) is 0 Å². The number of Topliss-reactive ketones (excluding diaryl/α,β-unsaturated/α-hetero) is 1. The Labute approximate surface area is 219 Å². The molecule has 1 saturated heterocycles. The third-order valence-corrected chi connectivity index (χ3v) is 7.37. The van der Waals surface area contributed by atoms with Gasteiger partial charge in [0.2, 0.25) is 0 Å². The minimum Gasteiger partial charge on any atom is -0.507 e. The number of anilines is 1. The number of halogens is 1. The van der Waals surface area contributed by atoms with Crippen LogP contribution >= 0.6 is 27.3 Å². The standard InChI is InChI=1S/C26H20BrN3O5S/c1-3-35-16-7-8-18-20(12-16)36-26(29-18)30-22(15-5-4-10-28-13-15)21(24(32)25(30)33)23(31)14-6-9-19(34-2)17(27)11-14/h4-13,22,31H,3H2,1-2H3/b23-21+. The first-order valence-corrected chi connectivity index (χ1v) is 12.6. The van der Waals surface area contributed by atoms with Gasteiger partial charge in [-0.2, -0.15) is 0 Å². The van der Waals surface area contributed by atoms with Crippen molar-refractivity contribution < 1.29 is 24.2 Å². The molecule has 1 unspecified atom stereocenters. The molecule has 0 aliphatic carbocycles. The molecule has 0 bridgehead atoms. The third kappa shape index (κ3) is 4.12. The lowest BCUT2D eigenvalue weighted by atomic mass is 9.96. The van der Waals surface area contributed by atoms with E-state index in [4.69, 9.17) is 9.47 Å². The van der Waals surface area contributed by atoms with Crippen LogP contribution in [0.4, 0.5) is 5.13 Å². The van der Waals surface area contributed by atoms with Crippen LogP contribution in [0.1, 0.15) is 24.1 Å². The molecule has 1 fully saturated rings. The number of carbonyl (C=O) groups excluding carboxylic acids is 2. The number of ketones is 1. The molecule has 1 N–H and O–H groups in total. The number of aromatic nitrogens is 2. The van der Waals surface area contributed by atoms with Gasteiger partial charge in [0.15, 0.2) is 5.13 Å². The Balaban J connectivity index is 1.68. The van der Waals surface area contributed by atoms with Crippen LogP contribution in [-0.2, 0) is 9.59 Å². The summed E-state index contributed by atoms with van der Waals surface area (Å²) in [5.41, 5.74) is 1.56. The van der Waals surface area contributed by atoms with Crippen molar-refractivity contribution in [2.75, 3.05) is 18.6 Å². The third-order valence-electron chi connectivity index (χ3n) is 5.74. The largest absolute Gasteiger partial charge is 0.507 e. The first kappa shape index (κ1) is 24.0. The van der Waals surface area contributed by atoms with Crippen LogP contribution in [0.5, 0.6) is 11.5 Å². The molecule has 2 aromatic heterocycles. The normalized spacial score (nSPS) is 17.1. The number of fused-ring (bicyclic) bond motifs is 1. The van der Waals surface area contributed by atoms with Crippen LogP contribution in [0.2, 0.25) is 0 Å². The van der Waals surface area contributed by atoms with Crippen molar-refractivity contribution in [3.8, 4) is 11.5 Å². The maximum Gasteiger partial charge on any atom is 0.301 e. The molecule has 10 heteroatoms. The highest BCUT2D eigenvalue weighted by molar-refractivity contribution is 9.10. The van der Waals surface area contributed by atoms with Crippen molar-refractivity contribution in [3.63, 3.8) is 0 Å². The molecular weight excluding hydrogens is 546 g/mol. The van der Waals surface area contributed by atoms with E-state index < -0.39 is 17.7 Å². The summed E-state index contributed by atoms with van der Waals surface area (Å²) in [7, 11) is 1.53. The summed E-state index contributed by atoms with van der Waals surface area (Å²) in [6.07, 6.45) is 3.17. The lowest BCUT2D eigenvalue weighted by Gasteiger charge is -2.22. The van der Waals surface area contributed by atoms with Gasteiger partial charge in [-0.3, -0.25) is 19.5 Å². The highest BCUT2D eigenvalue weighted by atomic mass is 79.9. The quantitative estimate of drug-likeness (QED) is 0.187. The van der Waals surface area contributed by atoms with Crippen molar-refractivity contribution in [2.45, 2.75) is 13.0 Å². The van der Waals surface area contributed by atoms with Gasteiger partial charge in [0.25, 0.3) is 5.78 Å². The topological polar surface area (TPSA) is 102 Å². The Kier molecular flexibility index (Phi) is 6.46. The Morgan fingerprint density at radius 2 is 2.03 bits per heavy atom. The number of aliphatic hydroxyl groups excluding tert-OH is 1. The van der Waals surface area contributed by atoms with Gasteiger partial charge in [0.1, 0.15) is 17.3 Å². The summed E-state index contributed by atoms with van der Waals surface area (Å²) in [6.45, 7) is 2.42. The minimum atomic E-state index is -0.911. The van der Waals surface area contributed by atoms with Gasteiger partial charge in [-0.05, 0) is 70.9 Å². The number of methoxy groups -OCH3 is 1. The first-order chi connectivity index (χ1) is 17.4.